The lowest BCUT2D eigenvalue weighted by molar-refractivity contribution is -0.122. The quantitative estimate of drug-likeness (QED) is 0.701. The number of aromatic nitrogens is 3. The number of carbonyl (C=O) groups is 1. The number of aryl methyl sites for hydroxylation is 1. The average Bonchev–Trinajstić information content (AvgIpc) is 3.18. The second-order valence-electron chi connectivity index (χ2n) is 5.89. The molecule has 0 spiro atoms. The molecule has 3 rings (SSSR count). The fraction of sp³-hybridized carbons (Fsp3) is 0.200. The van der Waals surface area contributed by atoms with Crippen molar-refractivity contribution < 1.29 is 9.53 Å². The molecule has 1 atom stereocenters. The van der Waals surface area contributed by atoms with E-state index in [2.05, 4.69) is 20.5 Å². The zero-order valence-electron chi connectivity index (χ0n) is 15.1. The highest BCUT2D eigenvalue weighted by molar-refractivity contribution is 5.97. The number of nitriles is 1. The number of benzene rings is 2. The lowest BCUT2D eigenvalue weighted by Crippen LogP contribution is -2.30. The minimum absolute atomic E-state index is 0.293. The normalized spacial score (nSPS) is 11.4. The third kappa shape index (κ3) is 4.30. The van der Waals surface area contributed by atoms with Gasteiger partial charge in [0.1, 0.15) is 11.6 Å². The van der Waals surface area contributed by atoms with Crippen molar-refractivity contribution >= 4 is 11.6 Å². The molecule has 3 aromatic rings. The summed E-state index contributed by atoms with van der Waals surface area (Å²) in [5.74, 6) is 1.54. The zero-order valence-corrected chi connectivity index (χ0v) is 15.1. The van der Waals surface area contributed by atoms with Crippen LogP contribution in [0.15, 0.2) is 48.5 Å². The number of carbonyl (C=O) groups excluding carboxylic acids is 1. The highest BCUT2D eigenvalue weighted by Gasteiger charge is 2.18. The first-order chi connectivity index (χ1) is 13.1. The molecule has 1 heterocycles. The molecule has 0 aliphatic rings. The van der Waals surface area contributed by atoms with E-state index in [1.807, 2.05) is 31.2 Å². The summed E-state index contributed by atoms with van der Waals surface area (Å²) in [7, 11) is 0. The first kappa shape index (κ1) is 18.1. The predicted molar refractivity (Wildman–Crippen MR) is 101 cm³/mol. The third-order valence-electron chi connectivity index (χ3n) is 3.96. The SMILES string of the molecule is CCc1nc(-c2ccccc2NC(=O)C(C)Oc2ccc(C#N)cc2)n[nH]1. The van der Waals surface area contributed by atoms with Crippen molar-refractivity contribution in [3.8, 4) is 23.2 Å². The van der Waals surface area contributed by atoms with E-state index in [-0.39, 0.29) is 5.91 Å². The molecule has 2 N–H and O–H groups in total. The standard InChI is InChI=1S/C20H19N5O2/c1-3-18-23-19(25-24-18)16-6-4-5-7-17(16)22-20(26)13(2)27-15-10-8-14(12-21)9-11-15/h4-11,13H,3H2,1-2H3,(H,22,26)(H,23,24,25). The number of nitrogens with one attached hydrogen (secondary N) is 2. The van der Waals surface area contributed by atoms with Gasteiger partial charge < -0.3 is 10.1 Å². The summed E-state index contributed by atoms with van der Waals surface area (Å²) in [5.41, 5.74) is 1.87. The summed E-state index contributed by atoms with van der Waals surface area (Å²) < 4.78 is 5.66. The molecule has 7 nitrogen and oxygen atoms in total. The van der Waals surface area contributed by atoms with Gasteiger partial charge in [0, 0.05) is 12.0 Å². The van der Waals surface area contributed by atoms with Gasteiger partial charge in [0.05, 0.1) is 17.3 Å². The summed E-state index contributed by atoms with van der Waals surface area (Å²) in [5, 5.41) is 18.8. The number of aromatic amines is 1. The van der Waals surface area contributed by atoms with Gasteiger partial charge in [-0.2, -0.15) is 10.4 Å². The Hall–Kier alpha value is -3.66. The molecule has 0 bridgehead atoms. The van der Waals surface area contributed by atoms with Crippen LogP contribution < -0.4 is 10.1 Å². The van der Waals surface area contributed by atoms with Crippen molar-refractivity contribution in [3.05, 3.63) is 59.9 Å². The van der Waals surface area contributed by atoms with E-state index in [0.717, 1.165) is 17.8 Å². The Balaban J connectivity index is 1.72. The van der Waals surface area contributed by atoms with Gasteiger partial charge in [0.25, 0.3) is 5.91 Å². The molecule has 0 fully saturated rings. The van der Waals surface area contributed by atoms with Crippen molar-refractivity contribution in [1.82, 2.24) is 15.2 Å². The number of ether oxygens (including phenoxy) is 1. The van der Waals surface area contributed by atoms with E-state index < -0.39 is 6.10 Å². The Labute approximate surface area is 157 Å². The lowest BCUT2D eigenvalue weighted by Gasteiger charge is -2.16. The second-order valence-corrected chi connectivity index (χ2v) is 5.89. The van der Waals surface area contributed by atoms with E-state index in [0.29, 0.717) is 22.8 Å². The van der Waals surface area contributed by atoms with Crippen LogP contribution >= 0.6 is 0 Å². The van der Waals surface area contributed by atoms with Gasteiger partial charge in [-0.15, -0.1) is 0 Å². The number of nitrogens with zero attached hydrogens (tertiary/aromatic N) is 3. The molecular weight excluding hydrogens is 342 g/mol. The van der Waals surface area contributed by atoms with Gasteiger partial charge >= 0.3 is 0 Å². The fourth-order valence-corrected chi connectivity index (χ4v) is 2.46. The van der Waals surface area contributed by atoms with Crippen LogP contribution in [-0.2, 0) is 11.2 Å². The number of H-pyrrole nitrogens is 1. The molecule has 7 heteroatoms. The van der Waals surface area contributed by atoms with Crippen LogP contribution in [0.5, 0.6) is 5.75 Å². The maximum absolute atomic E-state index is 12.5. The monoisotopic (exact) mass is 361 g/mol. The van der Waals surface area contributed by atoms with Gasteiger partial charge in [0.2, 0.25) is 0 Å². The molecule has 27 heavy (non-hydrogen) atoms. The highest BCUT2D eigenvalue weighted by Crippen LogP contribution is 2.25. The smallest absolute Gasteiger partial charge is 0.265 e. The zero-order chi connectivity index (χ0) is 19.2. The molecule has 2 aromatic carbocycles. The van der Waals surface area contributed by atoms with E-state index in [9.17, 15) is 4.79 Å². The summed E-state index contributed by atoms with van der Waals surface area (Å²) in [6, 6.07) is 16.0. The Morgan fingerprint density at radius 1 is 1.26 bits per heavy atom. The highest BCUT2D eigenvalue weighted by atomic mass is 16.5. The molecule has 1 unspecified atom stereocenters. The molecule has 0 saturated heterocycles. The number of hydrogen-bond acceptors (Lipinski definition) is 5. The first-order valence-electron chi connectivity index (χ1n) is 8.59. The number of rotatable bonds is 6. The van der Waals surface area contributed by atoms with Crippen LogP contribution in [0.3, 0.4) is 0 Å². The number of amides is 1. The Morgan fingerprint density at radius 3 is 2.67 bits per heavy atom. The summed E-state index contributed by atoms with van der Waals surface area (Å²) in [6.45, 7) is 3.65. The first-order valence-corrected chi connectivity index (χ1v) is 8.59. The lowest BCUT2D eigenvalue weighted by atomic mass is 10.1. The number of anilines is 1. The van der Waals surface area contributed by atoms with Crippen molar-refractivity contribution in [1.29, 1.82) is 5.26 Å². The largest absolute Gasteiger partial charge is 0.481 e. The van der Waals surface area contributed by atoms with Crippen LogP contribution in [0, 0.1) is 11.3 Å². The summed E-state index contributed by atoms with van der Waals surface area (Å²) in [4.78, 5) is 17.0. The number of para-hydroxylation sites is 1. The maximum Gasteiger partial charge on any atom is 0.265 e. The topological polar surface area (TPSA) is 104 Å². The van der Waals surface area contributed by atoms with Gasteiger partial charge in [-0.3, -0.25) is 9.89 Å². The number of hydrogen-bond donors (Lipinski definition) is 2. The molecule has 1 aromatic heterocycles. The molecule has 0 aliphatic heterocycles. The van der Waals surface area contributed by atoms with Gasteiger partial charge in [-0.25, -0.2) is 4.98 Å². The molecule has 1 amide bonds. The van der Waals surface area contributed by atoms with Crippen LogP contribution in [0.2, 0.25) is 0 Å². The molecule has 0 saturated carbocycles. The van der Waals surface area contributed by atoms with Gasteiger partial charge in [-0.1, -0.05) is 19.1 Å². The Bertz CT molecular complexity index is 973. The van der Waals surface area contributed by atoms with E-state index in [4.69, 9.17) is 10.00 Å². The van der Waals surface area contributed by atoms with Gasteiger partial charge in [-0.05, 0) is 43.3 Å². The minimum Gasteiger partial charge on any atom is -0.481 e. The summed E-state index contributed by atoms with van der Waals surface area (Å²) >= 11 is 0. The second kappa shape index (κ2) is 8.15. The third-order valence-corrected chi connectivity index (χ3v) is 3.96. The Morgan fingerprint density at radius 2 is 2.00 bits per heavy atom. The van der Waals surface area contributed by atoms with E-state index in [1.54, 1.807) is 37.3 Å². The van der Waals surface area contributed by atoms with Crippen LogP contribution in [0.25, 0.3) is 11.4 Å². The molecular formula is C20H19N5O2. The van der Waals surface area contributed by atoms with Crippen molar-refractivity contribution in [2.75, 3.05) is 5.32 Å². The van der Waals surface area contributed by atoms with Crippen LogP contribution in [0.1, 0.15) is 25.2 Å². The van der Waals surface area contributed by atoms with Crippen molar-refractivity contribution in [2.24, 2.45) is 0 Å². The summed E-state index contributed by atoms with van der Waals surface area (Å²) in [6.07, 6.45) is 0.0288. The van der Waals surface area contributed by atoms with Gasteiger partial charge in [0.15, 0.2) is 11.9 Å². The van der Waals surface area contributed by atoms with Crippen LogP contribution in [0.4, 0.5) is 5.69 Å². The fourth-order valence-electron chi connectivity index (χ4n) is 2.46. The molecule has 0 aliphatic carbocycles. The minimum atomic E-state index is -0.718. The Kier molecular flexibility index (Phi) is 5.47. The average molecular weight is 361 g/mol. The van der Waals surface area contributed by atoms with Crippen molar-refractivity contribution in [2.45, 2.75) is 26.4 Å². The molecule has 136 valence electrons. The van der Waals surface area contributed by atoms with E-state index in [1.165, 1.54) is 0 Å². The molecule has 0 radical (unpaired) electrons. The van der Waals surface area contributed by atoms with Crippen molar-refractivity contribution in [3.63, 3.8) is 0 Å². The predicted octanol–water partition coefficient (Wildman–Crippen LogP) is 3.31. The van der Waals surface area contributed by atoms with Crippen LogP contribution in [-0.4, -0.2) is 27.2 Å². The maximum atomic E-state index is 12.5. The van der Waals surface area contributed by atoms with E-state index >= 15 is 0 Å².